The summed E-state index contributed by atoms with van der Waals surface area (Å²) >= 11 is 5.87. The molecule has 1 heterocycles. The van der Waals surface area contributed by atoms with E-state index < -0.39 is 16.8 Å². The van der Waals surface area contributed by atoms with Gasteiger partial charge in [0, 0.05) is 0 Å². The standard InChI is InChI=1S/C13H11ClN2O5S/c1-20-9-6-10(21-2)16-13(15-9)22(19)8-5-3-4-7(14)11(8)12(17)18/h3-6H,1-2H3,(H,17,18). The number of hydrogen-bond donors (Lipinski definition) is 1. The highest BCUT2D eigenvalue weighted by Crippen LogP contribution is 2.26. The summed E-state index contributed by atoms with van der Waals surface area (Å²) in [5, 5.41) is 9.08. The number of carboxylic acids is 1. The van der Waals surface area contributed by atoms with E-state index in [4.69, 9.17) is 21.1 Å². The van der Waals surface area contributed by atoms with E-state index in [-0.39, 0.29) is 32.4 Å². The fourth-order valence-corrected chi connectivity index (χ4v) is 3.08. The van der Waals surface area contributed by atoms with Gasteiger partial charge in [0.25, 0.3) is 0 Å². The summed E-state index contributed by atoms with van der Waals surface area (Å²) in [6, 6.07) is 5.70. The van der Waals surface area contributed by atoms with E-state index in [9.17, 15) is 14.1 Å². The summed E-state index contributed by atoms with van der Waals surface area (Å²) < 4.78 is 22.6. The SMILES string of the molecule is COc1cc(OC)nc(S(=O)c2cccc(Cl)c2C(=O)O)n1. The molecule has 22 heavy (non-hydrogen) atoms. The number of carbonyl (C=O) groups is 1. The predicted molar refractivity (Wildman–Crippen MR) is 78.2 cm³/mol. The molecule has 1 aromatic heterocycles. The van der Waals surface area contributed by atoms with E-state index in [2.05, 4.69) is 9.97 Å². The highest BCUT2D eigenvalue weighted by Gasteiger charge is 2.22. The summed E-state index contributed by atoms with van der Waals surface area (Å²) in [5.74, 6) is -0.994. The monoisotopic (exact) mass is 342 g/mol. The average molecular weight is 343 g/mol. The molecule has 0 spiro atoms. The van der Waals surface area contributed by atoms with Gasteiger partial charge in [-0.1, -0.05) is 17.7 Å². The number of carboxylic acid groups (broad SMARTS) is 1. The van der Waals surface area contributed by atoms with Crippen molar-refractivity contribution in [3.63, 3.8) is 0 Å². The van der Waals surface area contributed by atoms with E-state index in [0.717, 1.165) is 0 Å². The van der Waals surface area contributed by atoms with Crippen molar-refractivity contribution in [2.24, 2.45) is 0 Å². The number of nitrogens with zero attached hydrogens (tertiary/aromatic N) is 2. The minimum absolute atomic E-state index is 0.00435. The van der Waals surface area contributed by atoms with Crippen molar-refractivity contribution in [1.82, 2.24) is 9.97 Å². The van der Waals surface area contributed by atoms with Crippen molar-refractivity contribution in [3.05, 3.63) is 34.9 Å². The molecule has 1 aromatic carbocycles. The zero-order chi connectivity index (χ0) is 16.3. The molecule has 1 atom stereocenters. The van der Waals surface area contributed by atoms with E-state index in [1.807, 2.05) is 0 Å². The molecule has 1 N–H and O–H groups in total. The normalized spacial score (nSPS) is 11.8. The topological polar surface area (TPSA) is 98.6 Å². The minimum Gasteiger partial charge on any atom is -0.481 e. The first-order chi connectivity index (χ1) is 10.5. The van der Waals surface area contributed by atoms with Crippen LogP contribution in [-0.4, -0.2) is 39.5 Å². The van der Waals surface area contributed by atoms with Crippen LogP contribution in [0.3, 0.4) is 0 Å². The second-order valence-electron chi connectivity index (χ2n) is 3.92. The molecule has 0 fully saturated rings. The highest BCUT2D eigenvalue weighted by atomic mass is 35.5. The van der Waals surface area contributed by atoms with Gasteiger partial charge >= 0.3 is 5.97 Å². The number of rotatable bonds is 5. The maximum atomic E-state index is 12.6. The van der Waals surface area contributed by atoms with Crippen molar-refractivity contribution in [2.45, 2.75) is 10.1 Å². The summed E-state index contributed by atoms with van der Waals surface area (Å²) in [4.78, 5) is 19.2. The number of aromatic carboxylic acids is 1. The molecule has 2 aromatic rings. The quantitative estimate of drug-likeness (QED) is 0.830. The maximum absolute atomic E-state index is 12.6. The van der Waals surface area contributed by atoms with Gasteiger partial charge in [0.05, 0.1) is 35.8 Å². The second kappa shape index (κ2) is 6.71. The molecule has 0 aliphatic carbocycles. The van der Waals surface area contributed by atoms with Gasteiger partial charge in [-0.05, 0) is 12.1 Å². The molecule has 0 amide bonds. The number of aromatic nitrogens is 2. The summed E-state index contributed by atoms with van der Waals surface area (Å²) in [6.07, 6.45) is 0. The Morgan fingerprint density at radius 1 is 1.23 bits per heavy atom. The Balaban J connectivity index is 2.58. The summed E-state index contributed by atoms with van der Waals surface area (Å²) in [7, 11) is 0.810. The molecule has 116 valence electrons. The third-order valence-electron chi connectivity index (χ3n) is 2.63. The predicted octanol–water partition coefficient (Wildman–Crippen LogP) is 2.01. The molecule has 0 saturated carbocycles. The van der Waals surface area contributed by atoms with Crippen LogP contribution in [0.4, 0.5) is 0 Å². The first kappa shape index (κ1) is 16.2. The van der Waals surface area contributed by atoms with Crippen LogP contribution < -0.4 is 9.47 Å². The third kappa shape index (κ3) is 3.18. The molecule has 0 aliphatic rings. The molecule has 9 heteroatoms. The van der Waals surface area contributed by atoms with E-state index in [1.54, 1.807) is 0 Å². The maximum Gasteiger partial charge on any atom is 0.338 e. The Labute approximate surface area is 133 Å². The fourth-order valence-electron chi connectivity index (χ4n) is 1.64. The van der Waals surface area contributed by atoms with E-state index in [0.29, 0.717) is 0 Å². The van der Waals surface area contributed by atoms with Gasteiger partial charge in [0.1, 0.15) is 10.8 Å². The molecule has 1 unspecified atom stereocenters. The average Bonchev–Trinajstić information content (AvgIpc) is 2.52. The van der Waals surface area contributed by atoms with Gasteiger partial charge in [-0.15, -0.1) is 0 Å². The number of halogens is 1. The lowest BCUT2D eigenvalue weighted by atomic mass is 10.2. The lowest BCUT2D eigenvalue weighted by molar-refractivity contribution is 0.0693. The fraction of sp³-hybridized carbons (Fsp3) is 0.154. The summed E-state index contributed by atoms with van der Waals surface area (Å²) in [6.45, 7) is 0. The Kier molecular flexibility index (Phi) is 4.94. The Morgan fingerprint density at radius 3 is 2.32 bits per heavy atom. The Hall–Kier alpha value is -2.19. The third-order valence-corrected chi connectivity index (χ3v) is 4.20. The van der Waals surface area contributed by atoms with Gasteiger partial charge in [-0.3, -0.25) is 0 Å². The smallest absolute Gasteiger partial charge is 0.338 e. The number of hydrogen-bond acceptors (Lipinski definition) is 6. The van der Waals surface area contributed by atoms with Gasteiger partial charge < -0.3 is 14.6 Å². The van der Waals surface area contributed by atoms with Gasteiger partial charge in [0.15, 0.2) is 0 Å². The lowest BCUT2D eigenvalue weighted by Crippen LogP contribution is -2.09. The number of ether oxygens (including phenoxy) is 2. The van der Waals surface area contributed by atoms with Crippen molar-refractivity contribution in [1.29, 1.82) is 0 Å². The molecular formula is C13H11ClN2O5S. The van der Waals surface area contributed by atoms with Gasteiger partial charge in [-0.2, -0.15) is 9.97 Å². The zero-order valence-corrected chi connectivity index (χ0v) is 13.1. The molecule has 0 radical (unpaired) electrons. The Bertz CT molecular complexity index is 731. The first-order valence-electron chi connectivity index (χ1n) is 5.88. The van der Waals surface area contributed by atoms with Crippen molar-refractivity contribution < 1.29 is 23.6 Å². The van der Waals surface area contributed by atoms with Crippen LogP contribution in [0.5, 0.6) is 11.8 Å². The second-order valence-corrected chi connectivity index (χ2v) is 5.67. The first-order valence-corrected chi connectivity index (χ1v) is 7.41. The zero-order valence-electron chi connectivity index (χ0n) is 11.6. The Morgan fingerprint density at radius 2 is 1.82 bits per heavy atom. The molecular weight excluding hydrogens is 332 g/mol. The lowest BCUT2D eigenvalue weighted by Gasteiger charge is -2.09. The van der Waals surface area contributed by atoms with Crippen LogP contribution in [-0.2, 0) is 10.8 Å². The molecule has 0 saturated heterocycles. The van der Waals surface area contributed by atoms with Crippen molar-refractivity contribution >= 4 is 28.4 Å². The van der Waals surface area contributed by atoms with Gasteiger partial charge in [0.2, 0.25) is 16.9 Å². The molecule has 7 nitrogen and oxygen atoms in total. The molecule has 0 aliphatic heterocycles. The van der Waals surface area contributed by atoms with E-state index >= 15 is 0 Å². The van der Waals surface area contributed by atoms with Crippen molar-refractivity contribution in [2.75, 3.05) is 14.2 Å². The number of methoxy groups -OCH3 is 2. The molecule has 0 bridgehead atoms. The highest BCUT2D eigenvalue weighted by molar-refractivity contribution is 7.85. The van der Waals surface area contributed by atoms with Crippen LogP contribution in [0, 0.1) is 0 Å². The van der Waals surface area contributed by atoms with Gasteiger partial charge in [-0.25, -0.2) is 9.00 Å². The van der Waals surface area contributed by atoms with Crippen molar-refractivity contribution in [3.8, 4) is 11.8 Å². The van der Waals surface area contributed by atoms with Crippen LogP contribution in [0.25, 0.3) is 0 Å². The van der Waals surface area contributed by atoms with Crippen LogP contribution in [0.1, 0.15) is 10.4 Å². The largest absolute Gasteiger partial charge is 0.481 e. The van der Waals surface area contributed by atoms with E-state index in [1.165, 1.54) is 38.5 Å². The van der Waals surface area contributed by atoms with Crippen LogP contribution >= 0.6 is 11.6 Å². The minimum atomic E-state index is -1.96. The van der Waals surface area contributed by atoms with Crippen LogP contribution in [0.15, 0.2) is 34.3 Å². The molecule has 2 rings (SSSR count). The number of benzene rings is 1. The van der Waals surface area contributed by atoms with Crippen LogP contribution in [0.2, 0.25) is 5.02 Å². The summed E-state index contributed by atoms with van der Waals surface area (Å²) in [5.41, 5.74) is -0.257.